The maximum Gasteiger partial charge on any atom is 0.257 e. The van der Waals surface area contributed by atoms with Crippen LogP contribution in [0.5, 0.6) is 0 Å². The average molecular weight is 339 g/mol. The summed E-state index contributed by atoms with van der Waals surface area (Å²) in [7, 11) is 6.29. The molecule has 0 aliphatic carbocycles. The van der Waals surface area contributed by atoms with E-state index in [1.165, 1.54) is 11.8 Å². The molecule has 0 aliphatic rings. The number of benzene rings is 1. The summed E-state index contributed by atoms with van der Waals surface area (Å²) in [6.45, 7) is 2.94. The first-order valence-electron chi connectivity index (χ1n) is 8.36. The summed E-state index contributed by atoms with van der Waals surface area (Å²) in [5.41, 5.74) is 9.78. The first kappa shape index (κ1) is 17.3. The molecule has 25 heavy (non-hydrogen) atoms. The van der Waals surface area contributed by atoms with Crippen molar-refractivity contribution in [2.75, 3.05) is 40.0 Å². The predicted octanol–water partition coefficient (Wildman–Crippen LogP) is 2.10. The molecule has 0 atom stereocenters. The zero-order valence-electron chi connectivity index (χ0n) is 15.0. The smallest absolute Gasteiger partial charge is 0.257 e. The second-order valence-corrected chi connectivity index (χ2v) is 6.82. The zero-order chi connectivity index (χ0) is 18.0. The molecule has 0 amide bonds. The maximum atomic E-state index is 12.0. The second-order valence-electron chi connectivity index (χ2n) is 6.82. The van der Waals surface area contributed by atoms with Crippen LogP contribution in [0.4, 0.5) is 5.69 Å². The van der Waals surface area contributed by atoms with Crippen LogP contribution in [0.1, 0.15) is 5.56 Å². The van der Waals surface area contributed by atoms with Crippen molar-refractivity contribution in [3.05, 3.63) is 52.4 Å². The third-order valence-corrected chi connectivity index (χ3v) is 4.28. The van der Waals surface area contributed by atoms with Gasteiger partial charge in [0.25, 0.3) is 5.56 Å². The van der Waals surface area contributed by atoms with Gasteiger partial charge in [-0.25, -0.2) is 0 Å². The molecule has 0 saturated carbocycles. The monoisotopic (exact) mass is 339 g/mol. The normalized spacial score (nSPS) is 11.7. The van der Waals surface area contributed by atoms with E-state index < -0.39 is 0 Å². The summed E-state index contributed by atoms with van der Waals surface area (Å²) in [5, 5.41) is 1.09. The quantitative estimate of drug-likeness (QED) is 0.642. The molecule has 0 aliphatic heterocycles. The predicted molar refractivity (Wildman–Crippen MR) is 104 cm³/mol. The highest BCUT2D eigenvalue weighted by molar-refractivity contribution is 5.86. The highest BCUT2D eigenvalue weighted by Gasteiger charge is 2.09. The molecule has 0 unspecified atom stereocenters. The molecule has 3 aromatic rings. The first-order valence-corrected chi connectivity index (χ1v) is 8.36. The van der Waals surface area contributed by atoms with Crippen LogP contribution in [0, 0.1) is 0 Å². The lowest BCUT2D eigenvalue weighted by molar-refractivity contribution is 0.276. The average Bonchev–Trinajstić information content (AvgIpc) is 2.98. The Morgan fingerprint density at radius 2 is 1.88 bits per heavy atom. The molecular weight excluding hydrogens is 314 g/mol. The van der Waals surface area contributed by atoms with Crippen LogP contribution in [0.25, 0.3) is 22.2 Å². The first-order chi connectivity index (χ1) is 11.9. The van der Waals surface area contributed by atoms with Crippen molar-refractivity contribution in [1.82, 2.24) is 19.8 Å². The third kappa shape index (κ3) is 4.10. The molecule has 0 radical (unpaired) electrons. The molecule has 6 heteroatoms. The van der Waals surface area contributed by atoms with E-state index in [2.05, 4.69) is 59.1 Å². The summed E-state index contributed by atoms with van der Waals surface area (Å²) in [6.07, 6.45) is 1.51. The Morgan fingerprint density at radius 3 is 2.64 bits per heavy atom. The van der Waals surface area contributed by atoms with E-state index in [0.717, 1.165) is 36.2 Å². The van der Waals surface area contributed by atoms with Crippen LogP contribution in [-0.2, 0) is 6.54 Å². The lowest BCUT2D eigenvalue weighted by Crippen LogP contribution is -2.28. The van der Waals surface area contributed by atoms with E-state index in [1.807, 2.05) is 6.07 Å². The Kier molecular flexibility index (Phi) is 4.92. The van der Waals surface area contributed by atoms with E-state index in [0.29, 0.717) is 11.3 Å². The van der Waals surface area contributed by atoms with Crippen molar-refractivity contribution in [2.45, 2.75) is 6.54 Å². The molecule has 2 aromatic heterocycles. The molecule has 132 valence electrons. The van der Waals surface area contributed by atoms with Crippen LogP contribution >= 0.6 is 0 Å². The summed E-state index contributed by atoms with van der Waals surface area (Å²) >= 11 is 0. The van der Waals surface area contributed by atoms with Crippen LogP contribution in [0.3, 0.4) is 0 Å². The molecule has 6 nitrogen and oxygen atoms in total. The number of pyridine rings is 1. The number of nitrogens with one attached hydrogen (secondary N) is 2. The molecular formula is C19H25N5O. The van der Waals surface area contributed by atoms with Gasteiger partial charge in [0.1, 0.15) is 0 Å². The van der Waals surface area contributed by atoms with Crippen molar-refractivity contribution in [3.8, 4) is 11.3 Å². The van der Waals surface area contributed by atoms with Crippen LogP contribution < -0.4 is 11.3 Å². The molecule has 3 rings (SSSR count). The number of hydrogen-bond acceptors (Lipinski definition) is 4. The third-order valence-electron chi connectivity index (χ3n) is 4.28. The van der Waals surface area contributed by atoms with E-state index in [9.17, 15) is 4.79 Å². The largest absolute Gasteiger partial charge is 0.398 e. The van der Waals surface area contributed by atoms with Crippen LogP contribution in [-0.4, -0.2) is 54.0 Å². The summed E-state index contributed by atoms with van der Waals surface area (Å²) < 4.78 is 0. The fourth-order valence-corrected chi connectivity index (χ4v) is 2.89. The summed E-state index contributed by atoms with van der Waals surface area (Å²) in [6, 6.07) is 10.1. The van der Waals surface area contributed by atoms with Crippen molar-refractivity contribution < 1.29 is 0 Å². The van der Waals surface area contributed by atoms with E-state index >= 15 is 0 Å². The van der Waals surface area contributed by atoms with Gasteiger partial charge in [-0.1, -0.05) is 6.07 Å². The number of H-pyrrole nitrogens is 2. The highest BCUT2D eigenvalue weighted by atomic mass is 16.1. The Hall–Kier alpha value is -2.57. The standard InChI is InChI=1S/C19H25N5O/c1-23(2)6-7-24(3)12-13-4-5-17-14(8-13)9-18(22-17)16-10-15(20)11-21-19(16)25/h4-5,8-11,22H,6-7,12,20H2,1-3H3,(H,21,25). The Bertz CT molecular complexity index is 925. The topological polar surface area (TPSA) is 81.2 Å². The van der Waals surface area contributed by atoms with Gasteiger partial charge < -0.3 is 25.5 Å². The van der Waals surface area contributed by atoms with Gasteiger partial charge in [0.05, 0.1) is 11.3 Å². The lowest BCUT2D eigenvalue weighted by atomic mass is 10.1. The van der Waals surface area contributed by atoms with Gasteiger partial charge in [-0.05, 0) is 51.0 Å². The summed E-state index contributed by atoms with van der Waals surface area (Å²) in [5.74, 6) is 0. The Labute approximate surface area is 147 Å². The Balaban J connectivity index is 1.84. The van der Waals surface area contributed by atoms with Gasteiger partial charge >= 0.3 is 0 Å². The van der Waals surface area contributed by atoms with Crippen molar-refractivity contribution in [1.29, 1.82) is 0 Å². The number of fused-ring (bicyclic) bond motifs is 1. The van der Waals surface area contributed by atoms with Crippen molar-refractivity contribution in [2.24, 2.45) is 0 Å². The van der Waals surface area contributed by atoms with Crippen LogP contribution in [0.2, 0.25) is 0 Å². The van der Waals surface area contributed by atoms with Crippen molar-refractivity contribution in [3.63, 3.8) is 0 Å². The number of aromatic amines is 2. The molecule has 0 spiro atoms. The number of nitrogens with zero attached hydrogens (tertiary/aromatic N) is 2. The minimum absolute atomic E-state index is 0.149. The molecule has 1 aromatic carbocycles. The van der Waals surface area contributed by atoms with Crippen molar-refractivity contribution >= 4 is 16.6 Å². The van der Waals surface area contributed by atoms with Gasteiger partial charge in [0, 0.05) is 42.4 Å². The summed E-state index contributed by atoms with van der Waals surface area (Å²) in [4.78, 5) is 22.5. The maximum absolute atomic E-state index is 12.0. The lowest BCUT2D eigenvalue weighted by Gasteiger charge is -2.19. The molecule has 2 heterocycles. The number of nitrogen functional groups attached to an aromatic ring is 1. The molecule has 4 N–H and O–H groups in total. The molecule has 0 bridgehead atoms. The SMILES string of the molecule is CN(C)CCN(C)Cc1ccc2[nH]c(-c3cc(N)c[nH]c3=O)cc2c1. The fourth-order valence-electron chi connectivity index (χ4n) is 2.89. The minimum Gasteiger partial charge on any atom is -0.398 e. The molecule has 0 fully saturated rings. The van der Waals surface area contributed by atoms with Gasteiger partial charge in [-0.3, -0.25) is 4.79 Å². The van der Waals surface area contributed by atoms with E-state index in [1.54, 1.807) is 6.07 Å². The number of rotatable bonds is 6. The van der Waals surface area contributed by atoms with Gasteiger partial charge in [-0.2, -0.15) is 0 Å². The highest BCUT2D eigenvalue weighted by Crippen LogP contribution is 2.24. The number of hydrogen-bond donors (Lipinski definition) is 3. The van der Waals surface area contributed by atoms with E-state index in [4.69, 9.17) is 5.73 Å². The second kappa shape index (κ2) is 7.13. The molecule has 0 saturated heterocycles. The zero-order valence-corrected chi connectivity index (χ0v) is 15.0. The fraction of sp³-hybridized carbons (Fsp3) is 0.316. The Morgan fingerprint density at radius 1 is 1.08 bits per heavy atom. The minimum atomic E-state index is -0.149. The van der Waals surface area contributed by atoms with Crippen LogP contribution in [0.15, 0.2) is 41.3 Å². The van der Waals surface area contributed by atoms with Gasteiger partial charge in [0.15, 0.2) is 0 Å². The van der Waals surface area contributed by atoms with E-state index in [-0.39, 0.29) is 5.56 Å². The number of anilines is 1. The number of aromatic nitrogens is 2. The van der Waals surface area contributed by atoms with Gasteiger partial charge in [0.2, 0.25) is 0 Å². The number of nitrogens with two attached hydrogens (primary N) is 1. The van der Waals surface area contributed by atoms with Gasteiger partial charge in [-0.15, -0.1) is 0 Å². The number of likely N-dealkylation sites (N-methyl/N-ethyl adjacent to an activating group) is 2.